The number of nitrogens with zero attached hydrogens (tertiary/aromatic N) is 1. The monoisotopic (exact) mass is 354 g/mol. The van der Waals surface area contributed by atoms with Crippen LogP contribution in [-0.2, 0) is 16.0 Å². The lowest BCUT2D eigenvalue weighted by molar-refractivity contribution is -0.149. The third-order valence-corrected chi connectivity index (χ3v) is 5.83. The van der Waals surface area contributed by atoms with Gasteiger partial charge in [0.2, 0.25) is 5.91 Å². The maximum Gasteiger partial charge on any atom is 0.326 e. The number of likely N-dealkylation sites (tertiary alicyclic amines) is 1. The summed E-state index contributed by atoms with van der Waals surface area (Å²) in [6.07, 6.45) is 4.42. The number of carbonyl (C=O) groups is 2. The van der Waals surface area contributed by atoms with Crippen LogP contribution in [0.15, 0.2) is 35.1 Å². The number of carboxylic acids is 1. The van der Waals surface area contributed by atoms with Crippen LogP contribution < -0.4 is 5.56 Å². The molecule has 0 bridgehead atoms. The van der Waals surface area contributed by atoms with Gasteiger partial charge in [0.05, 0.1) is 6.42 Å². The highest BCUT2D eigenvalue weighted by atomic mass is 16.4. The Bertz CT molecular complexity index is 919. The average molecular weight is 354 g/mol. The first-order chi connectivity index (χ1) is 12.5. The first-order valence-corrected chi connectivity index (χ1v) is 9.19. The Kier molecular flexibility index (Phi) is 4.26. The summed E-state index contributed by atoms with van der Waals surface area (Å²) in [4.78, 5) is 41.4. The van der Waals surface area contributed by atoms with E-state index in [0.717, 1.165) is 36.6 Å². The highest BCUT2D eigenvalue weighted by Crippen LogP contribution is 2.40. The molecule has 0 radical (unpaired) electrons. The first kappa shape index (κ1) is 16.8. The Morgan fingerprint density at radius 2 is 1.96 bits per heavy atom. The number of pyridine rings is 1. The molecule has 1 saturated carbocycles. The van der Waals surface area contributed by atoms with Crippen molar-refractivity contribution >= 4 is 22.8 Å². The van der Waals surface area contributed by atoms with Crippen molar-refractivity contribution in [1.82, 2.24) is 9.88 Å². The molecular formula is C20H22N2O4. The largest absolute Gasteiger partial charge is 0.480 e. The molecular weight excluding hydrogens is 332 g/mol. The average Bonchev–Trinajstić information content (AvgIpc) is 3.02. The van der Waals surface area contributed by atoms with Gasteiger partial charge in [-0.05, 0) is 42.7 Å². The predicted octanol–water partition coefficient (Wildman–Crippen LogP) is 2.31. The number of aromatic amines is 1. The van der Waals surface area contributed by atoms with E-state index in [-0.39, 0.29) is 29.8 Å². The third-order valence-electron chi connectivity index (χ3n) is 5.83. The summed E-state index contributed by atoms with van der Waals surface area (Å²) in [6.45, 7) is 0. The van der Waals surface area contributed by atoms with Crippen molar-refractivity contribution in [1.29, 1.82) is 0 Å². The van der Waals surface area contributed by atoms with Gasteiger partial charge in [-0.3, -0.25) is 9.59 Å². The van der Waals surface area contributed by atoms with Crippen molar-refractivity contribution in [2.75, 3.05) is 0 Å². The number of benzene rings is 1. The molecule has 3 atom stereocenters. The molecule has 2 N–H and O–H groups in total. The number of carboxylic acid groups (broad SMARTS) is 1. The number of fused-ring (bicyclic) bond motifs is 2. The van der Waals surface area contributed by atoms with Crippen molar-refractivity contribution in [2.24, 2.45) is 5.92 Å². The second-order valence-electron chi connectivity index (χ2n) is 7.39. The Balaban J connectivity index is 1.63. The van der Waals surface area contributed by atoms with Crippen molar-refractivity contribution < 1.29 is 14.7 Å². The minimum absolute atomic E-state index is 0.00288. The molecule has 2 aliphatic rings. The van der Waals surface area contributed by atoms with Gasteiger partial charge in [0.15, 0.2) is 0 Å². The predicted molar refractivity (Wildman–Crippen MR) is 96.9 cm³/mol. The quantitative estimate of drug-likeness (QED) is 0.885. The summed E-state index contributed by atoms with van der Waals surface area (Å²) in [5, 5.41) is 10.4. The number of amides is 1. The van der Waals surface area contributed by atoms with Gasteiger partial charge in [0, 0.05) is 17.1 Å². The molecule has 1 aromatic carbocycles. The normalized spacial score (nSPS) is 25.2. The minimum atomic E-state index is -0.944. The number of H-pyrrole nitrogens is 1. The van der Waals surface area contributed by atoms with E-state index >= 15 is 0 Å². The number of nitrogens with one attached hydrogen (secondary N) is 1. The number of para-hydroxylation sites is 1. The van der Waals surface area contributed by atoms with E-state index < -0.39 is 12.0 Å². The van der Waals surface area contributed by atoms with Gasteiger partial charge in [0.25, 0.3) is 5.56 Å². The maximum atomic E-state index is 13.0. The van der Waals surface area contributed by atoms with Crippen molar-refractivity contribution in [3.63, 3.8) is 0 Å². The Morgan fingerprint density at radius 3 is 2.77 bits per heavy atom. The SMILES string of the molecule is O=C(O)C1CC2CCCCC2N1C(=O)Cc1cc2ccccc2[nH]c1=O. The summed E-state index contributed by atoms with van der Waals surface area (Å²) in [5.41, 5.74) is 0.825. The van der Waals surface area contributed by atoms with Crippen molar-refractivity contribution in [3.05, 3.63) is 46.2 Å². The van der Waals surface area contributed by atoms with Crippen LogP contribution in [0, 0.1) is 5.92 Å². The molecule has 2 fully saturated rings. The summed E-state index contributed by atoms with van der Waals surface area (Å²) in [5.74, 6) is -0.934. The molecule has 1 saturated heterocycles. The number of carbonyl (C=O) groups excluding carboxylic acids is 1. The minimum Gasteiger partial charge on any atom is -0.480 e. The molecule has 1 aliphatic carbocycles. The number of hydrogen-bond acceptors (Lipinski definition) is 3. The van der Waals surface area contributed by atoms with Crippen LogP contribution in [0.5, 0.6) is 0 Å². The van der Waals surface area contributed by atoms with Gasteiger partial charge in [-0.15, -0.1) is 0 Å². The molecule has 6 nitrogen and oxygen atoms in total. The summed E-state index contributed by atoms with van der Waals surface area (Å²) in [6, 6.07) is 8.37. The van der Waals surface area contributed by atoms with Crippen LogP contribution in [0.25, 0.3) is 10.9 Å². The first-order valence-electron chi connectivity index (χ1n) is 9.19. The van der Waals surface area contributed by atoms with Gasteiger partial charge in [-0.1, -0.05) is 31.0 Å². The Labute approximate surface area is 150 Å². The van der Waals surface area contributed by atoms with E-state index in [1.165, 1.54) is 0 Å². The fourth-order valence-corrected chi connectivity index (χ4v) is 4.62. The second-order valence-corrected chi connectivity index (χ2v) is 7.39. The lowest BCUT2D eigenvalue weighted by Gasteiger charge is -2.33. The zero-order chi connectivity index (χ0) is 18.3. The Morgan fingerprint density at radius 1 is 1.19 bits per heavy atom. The lowest BCUT2D eigenvalue weighted by atomic mass is 9.84. The molecule has 3 unspecified atom stereocenters. The summed E-state index contributed by atoms with van der Waals surface area (Å²) < 4.78 is 0. The highest BCUT2D eigenvalue weighted by Gasteiger charge is 2.47. The van der Waals surface area contributed by atoms with Gasteiger partial charge in [-0.2, -0.15) is 0 Å². The molecule has 0 spiro atoms. The van der Waals surface area contributed by atoms with Crippen molar-refractivity contribution in [2.45, 2.75) is 50.6 Å². The van der Waals surface area contributed by atoms with E-state index in [2.05, 4.69) is 4.98 Å². The smallest absolute Gasteiger partial charge is 0.326 e. The summed E-state index contributed by atoms with van der Waals surface area (Å²) >= 11 is 0. The zero-order valence-electron chi connectivity index (χ0n) is 14.5. The molecule has 6 heteroatoms. The number of hydrogen-bond donors (Lipinski definition) is 2. The van der Waals surface area contributed by atoms with E-state index in [1.54, 1.807) is 11.0 Å². The van der Waals surface area contributed by atoms with Crippen LogP contribution in [0.2, 0.25) is 0 Å². The number of aromatic nitrogens is 1. The molecule has 26 heavy (non-hydrogen) atoms. The molecule has 136 valence electrons. The standard InChI is InChI=1S/C20H22N2O4/c23-18(11-14-9-12-5-1-3-7-15(12)21-19(14)24)22-16-8-4-2-6-13(16)10-17(22)20(25)26/h1,3,5,7,9,13,16-17H,2,4,6,8,10-11H2,(H,21,24)(H,25,26). The van der Waals surface area contributed by atoms with Crippen LogP contribution in [0.1, 0.15) is 37.7 Å². The van der Waals surface area contributed by atoms with E-state index in [9.17, 15) is 19.5 Å². The lowest BCUT2D eigenvalue weighted by Crippen LogP contribution is -2.47. The molecule has 1 aromatic heterocycles. The van der Waals surface area contributed by atoms with E-state index in [4.69, 9.17) is 0 Å². The zero-order valence-corrected chi connectivity index (χ0v) is 14.5. The topological polar surface area (TPSA) is 90.5 Å². The van der Waals surface area contributed by atoms with Crippen molar-refractivity contribution in [3.8, 4) is 0 Å². The van der Waals surface area contributed by atoms with Gasteiger partial charge < -0.3 is 15.0 Å². The van der Waals surface area contributed by atoms with Gasteiger partial charge in [0.1, 0.15) is 6.04 Å². The third kappa shape index (κ3) is 2.89. The molecule has 4 rings (SSSR count). The molecule has 1 aliphatic heterocycles. The molecule has 1 amide bonds. The van der Waals surface area contributed by atoms with Gasteiger partial charge in [-0.25, -0.2) is 4.79 Å². The fraction of sp³-hybridized carbons (Fsp3) is 0.450. The van der Waals surface area contributed by atoms with Gasteiger partial charge >= 0.3 is 5.97 Å². The van der Waals surface area contributed by atoms with Crippen LogP contribution >= 0.6 is 0 Å². The molecule has 2 aromatic rings. The van der Waals surface area contributed by atoms with E-state index in [0.29, 0.717) is 12.0 Å². The number of rotatable bonds is 3. The highest BCUT2D eigenvalue weighted by molar-refractivity contribution is 5.87. The summed E-state index contributed by atoms with van der Waals surface area (Å²) in [7, 11) is 0. The molecule has 2 heterocycles. The maximum absolute atomic E-state index is 13.0. The fourth-order valence-electron chi connectivity index (χ4n) is 4.62. The van der Waals surface area contributed by atoms with Crippen LogP contribution in [0.4, 0.5) is 0 Å². The van der Waals surface area contributed by atoms with E-state index in [1.807, 2.05) is 24.3 Å². The number of aliphatic carboxylic acids is 1. The van der Waals surface area contributed by atoms with Crippen LogP contribution in [0.3, 0.4) is 0 Å². The Hall–Kier alpha value is -2.63. The second kappa shape index (κ2) is 6.59. The van der Waals surface area contributed by atoms with Crippen LogP contribution in [-0.4, -0.2) is 39.0 Å².